The fourth-order valence-electron chi connectivity index (χ4n) is 1.91. The van der Waals surface area contributed by atoms with E-state index >= 15 is 0 Å². The summed E-state index contributed by atoms with van der Waals surface area (Å²) in [6, 6.07) is 7.37. The van der Waals surface area contributed by atoms with Crippen LogP contribution < -0.4 is 4.74 Å². The molecule has 0 saturated carbocycles. The molecule has 0 aliphatic heterocycles. The number of aryl methyl sites for hydroxylation is 1. The van der Waals surface area contributed by atoms with Crippen LogP contribution in [0, 0.1) is 6.92 Å². The zero-order valence-electron chi connectivity index (χ0n) is 11.7. The number of esters is 1. The maximum Gasteiger partial charge on any atom is 0.342 e. The molecule has 0 spiro atoms. The molecule has 5 heteroatoms. The van der Waals surface area contributed by atoms with Crippen molar-refractivity contribution >= 4 is 5.97 Å². The van der Waals surface area contributed by atoms with Crippen LogP contribution in [0.3, 0.4) is 0 Å². The Morgan fingerprint density at radius 2 is 2.10 bits per heavy atom. The van der Waals surface area contributed by atoms with Crippen molar-refractivity contribution < 1.29 is 14.3 Å². The summed E-state index contributed by atoms with van der Waals surface area (Å²) in [5.41, 5.74) is 2.33. The fourth-order valence-corrected chi connectivity index (χ4v) is 1.91. The minimum Gasteiger partial charge on any atom is -0.497 e. The van der Waals surface area contributed by atoms with Gasteiger partial charge in [-0.25, -0.2) is 14.8 Å². The summed E-state index contributed by atoms with van der Waals surface area (Å²) in [6.45, 7) is 3.84. The van der Waals surface area contributed by atoms with Crippen LogP contribution in [0.4, 0.5) is 0 Å². The molecular weight excluding hydrogens is 256 g/mol. The van der Waals surface area contributed by atoms with Gasteiger partial charge < -0.3 is 9.47 Å². The van der Waals surface area contributed by atoms with E-state index in [1.54, 1.807) is 21.0 Å². The molecule has 1 aromatic carbocycles. The monoisotopic (exact) mass is 272 g/mol. The van der Waals surface area contributed by atoms with Crippen LogP contribution in [-0.2, 0) is 4.74 Å². The lowest BCUT2D eigenvalue weighted by molar-refractivity contribution is 0.0525. The van der Waals surface area contributed by atoms with E-state index in [2.05, 4.69) is 9.97 Å². The predicted molar refractivity (Wildman–Crippen MR) is 74.7 cm³/mol. The first kappa shape index (κ1) is 14.0. The number of carbonyl (C=O) groups is 1. The first-order chi connectivity index (χ1) is 9.67. The Balaban J connectivity index is 2.55. The zero-order valence-corrected chi connectivity index (χ0v) is 11.7. The van der Waals surface area contributed by atoms with E-state index in [1.165, 1.54) is 6.33 Å². The van der Waals surface area contributed by atoms with Crippen molar-refractivity contribution in [1.82, 2.24) is 9.97 Å². The van der Waals surface area contributed by atoms with Crippen LogP contribution in [0.1, 0.15) is 23.0 Å². The first-order valence-corrected chi connectivity index (χ1v) is 6.30. The lowest BCUT2D eigenvalue weighted by atomic mass is 10.0. The number of hydrogen-bond donors (Lipinski definition) is 0. The van der Waals surface area contributed by atoms with Gasteiger partial charge in [-0.3, -0.25) is 0 Å². The third-order valence-corrected chi connectivity index (χ3v) is 2.86. The normalized spacial score (nSPS) is 10.2. The second kappa shape index (κ2) is 6.14. The molecule has 1 heterocycles. The molecule has 104 valence electrons. The molecule has 0 fully saturated rings. The van der Waals surface area contributed by atoms with Gasteiger partial charge in [0.2, 0.25) is 0 Å². The summed E-state index contributed by atoms with van der Waals surface area (Å²) >= 11 is 0. The maximum atomic E-state index is 12.1. The van der Waals surface area contributed by atoms with Gasteiger partial charge in [0.1, 0.15) is 17.6 Å². The first-order valence-electron chi connectivity index (χ1n) is 6.30. The number of aromatic nitrogens is 2. The van der Waals surface area contributed by atoms with Crippen molar-refractivity contribution in [2.75, 3.05) is 13.7 Å². The van der Waals surface area contributed by atoms with Crippen LogP contribution in [0.2, 0.25) is 0 Å². The average molecular weight is 272 g/mol. The van der Waals surface area contributed by atoms with Crippen molar-refractivity contribution in [2.45, 2.75) is 13.8 Å². The largest absolute Gasteiger partial charge is 0.497 e. The minimum atomic E-state index is -0.414. The lowest BCUT2D eigenvalue weighted by Crippen LogP contribution is -2.11. The second-order valence-corrected chi connectivity index (χ2v) is 4.14. The molecule has 0 atom stereocenters. The summed E-state index contributed by atoms with van der Waals surface area (Å²) in [5, 5.41) is 0. The molecule has 0 aliphatic rings. The van der Waals surface area contributed by atoms with Gasteiger partial charge in [0.15, 0.2) is 0 Å². The van der Waals surface area contributed by atoms with E-state index in [0.29, 0.717) is 29.3 Å². The lowest BCUT2D eigenvalue weighted by Gasteiger charge is -2.10. The van der Waals surface area contributed by atoms with Crippen molar-refractivity contribution in [1.29, 1.82) is 0 Å². The quantitative estimate of drug-likeness (QED) is 0.801. The molecule has 5 nitrogen and oxygen atoms in total. The Bertz CT molecular complexity index is 626. The Morgan fingerprint density at radius 1 is 1.30 bits per heavy atom. The number of methoxy groups -OCH3 is 1. The van der Waals surface area contributed by atoms with E-state index in [0.717, 1.165) is 5.56 Å². The highest BCUT2D eigenvalue weighted by molar-refractivity contribution is 5.97. The molecule has 0 unspecified atom stereocenters. The number of benzene rings is 1. The molecule has 0 saturated heterocycles. The Hall–Kier alpha value is -2.43. The minimum absolute atomic E-state index is 0.310. The summed E-state index contributed by atoms with van der Waals surface area (Å²) in [7, 11) is 1.59. The summed E-state index contributed by atoms with van der Waals surface area (Å²) in [4.78, 5) is 20.4. The summed E-state index contributed by atoms with van der Waals surface area (Å²) < 4.78 is 10.3. The van der Waals surface area contributed by atoms with Crippen LogP contribution in [-0.4, -0.2) is 29.7 Å². The van der Waals surface area contributed by atoms with Gasteiger partial charge in [-0.1, -0.05) is 12.1 Å². The number of nitrogens with zero attached hydrogens (tertiary/aromatic N) is 2. The molecule has 0 N–H and O–H groups in total. The van der Waals surface area contributed by atoms with Crippen molar-refractivity contribution in [3.63, 3.8) is 0 Å². The van der Waals surface area contributed by atoms with Crippen LogP contribution in [0.5, 0.6) is 5.75 Å². The molecule has 0 radical (unpaired) electrons. The van der Waals surface area contributed by atoms with E-state index in [1.807, 2.05) is 24.3 Å². The van der Waals surface area contributed by atoms with Crippen molar-refractivity contribution in [3.05, 3.63) is 41.9 Å². The van der Waals surface area contributed by atoms with Crippen LogP contribution in [0.25, 0.3) is 11.3 Å². The Labute approximate surface area is 117 Å². The molecule has 0 amide bonds. The summed E-state index contributed by atoms with van der Waals surface area (Å²) in [6.07, 6.45) is 1.44. The molecule has 0 bridgehead atoms. The molecule has 2 rings (SSSR count). The van der Waals surface area contributed by atoms with Gasteiger partial charge in [0.05, 0.1) is 25.1 Å². The van der Waals surface area contributed by atoms with Crippen molar-refractivity contribution in [2.24, 2.45) is 0 Å². The Morgan fingerprint density at radius 3 is 2.80 bits per heavy atom. The number of ether oxygens (including phenoxy) is 2. The van der Waals surface area contributed by atoms with E-state index in [-0.39, 0.29) is 0 Å². The third-order valence-electron chi connectivity index (χ3n) is 2.86. The fraction of sp³-hybridized carbons (Fsp3) is 0.267. The van der Waals surface area contributed by atoms with E-state index < -0.39 is 5.97 Å². The average Bonchev–Trinajstić information content (AvgIpc) is 2.47. The van der Waals surface area contributed by atoms with E-state index in [4.69, 9.17) is 9.47 Å². The number of carbonyl (C=O) groups excluding carboxylic acids is 1. The van der Waals surface area contributed by atoms with Gasteiger partial charge in [-0.15, -0.1) is 0 Å². The smallest absolute Gasteiger partial charge is 0.342 e. The highest BCUT2D eigenvalue weighted by atomic mass is 16.5. The van der Waals surface area contributed by atoms with Crippen LogP contribution in [0.15, 0.2) is 30.6 Å². The highest BCUT2D eigenvalue weighted by Gasteiger charge is 2.19. The third kappa shape index (κ3) is 2.77. The Kier molecular flexibility index (Phi) is 4.30. The highest BCUT2D eigenvalue weighted by Crippen LogP contribution is 2.26. The molecule has 20 heavy (non-hydrogen) atoms. The van der Waals surface area contributed by atoms with Gasteiger partial charge in [0, 0.05) is 5.56 Å². The molecular formula is C15H16N2O3. The second-order valence-electron chi connectivity index (χ2n) is 4.14. The number of hydrogen-bond acceptors (Lipinski definition) is 5. The zero-order chi connectivity index (χ0) is 14.5. The molecule has 1 aromatic heterocycles. The topological polar surface area (TPSA) is 61.3 Å². The number of rotatable bonds is 4. The maximum absolute atomic E-state index is 12.1. The van der Waals surface area contributed by atoms with Crippen LogP contribution >= 0.6 is 0 Å². The van der Waals surface area contributed by atoms with Gasteiger partial charge in [0.25, 0.3) is 0 Å². The SMILES string of the molecule is CCOC(=O)c1c(C)ncnc1-c1cccc(OC)c1. The standard InChI is InChI=1S/C15H16N2O3/c1-4-20-15(18)13-10(2)16-9-17-14(13)11-6-5-7-12(8-11)19-3/h5-9H,4H2,1-3H3. The van der Waals surface area contributed by atoms with E-state index in [9.17, 15) is 4.79 Å². The summed E-state index contributed by atoms with van der Waals surface area (Å²) in [5.74, 6) is 0.289. The van der Waals surface area contributed by atoms with Crippen molar-refractivity contribution in [3.8, 4) is 17.0 Å². The van der Waals surface area contributed by atoms with Gasteiger partial charge in [-0.05, 0) is 26.0 Å². The van der Waals surface area contributed by atoms with Gasteiger partial charge >= 0.3 is 5.97 Å². The molecule has 2 aromatic rings. The molecule has 0 aliphatic carbocycles. The van der Waals surface area contributed by atoms with Gasteiger partial charge in [-0.2, -0.15) is 0 Å². The predicted octanol–water partition coefficient (Wildman–Crippen LogP) is 2.64.